The fourth-order valence-electron chi connectivity index (χ4n) is 2.64. The number of para-hydroxylation sites is 1. The molecule has 0 bridgehead atoms. The van der Waals surface area contributed by atoms with Gasteiger partial charge in [-0.15, -0.1) is 11.3 Å². The topological polar surface area (TPSA) is 53.6 Å². The molecule has 0 radical (unpaired) electrons. The van der Waals surface area contributed by atoms with E-state index in [9.17, 15) is 0 Å². The molecule has 114 valence electrons. The summed E-state index contributed by atoms with van der Waals surface area (Å²) in [4.78, 5) is 4.60. The van der Waals surface area contributed by atoms with Crippen LogP contribution in [0.25, 0.3) is 22.2 Å². The summed E-state index contributed by atoms with van der Waals surface area (Å²) in [6.07, 6.45) is 1.84. The van der Waals surface area contributed by atoms with E-state index in [1.54, 1.807) is 11.3 Å². The molecular formula is C18H16N4S. The summed E-state index contributed by atoms with van der Waals surface area (Å²) in [5.74, 6) is 0. The number of H-pyrrole nitrogens is 1. The maximum atomic E-state index is 4.60. The lowest BCUT2D eigenvalue weighted by Gasteiger charge is -2.11. The molecule has 0 saturated carbocycles. The lowest BCUT2D eigenvalue weighted by Crippen LogP contribution is -2.01. The Bertz CT molecular complexity index is 954. The molecular weight excluding hydrogens is 304 g/mol. The lowest BCUT2D eigenvalue weighted by molar-refractivity contribution is 1.11. The van der Waals surface area contributed by atoms with Crippen molar-refractivity contribution in [2.45, 2.75) is 13.5 Å². The van der Waals surface area contributed by atoms with Gasteiger partial charge < -0.3 is 5.32 Å². The Morgan fingerprint density at radius 3 is 2.96 bits per heavy atom. The maximum absolute atomic E-state index is 4.60. The van der Waals surface area contributed by atoms with E-state index in [1.165, 1.54) is 5.56 Å². The van der Waals surface area contributed by atoms with Crippen LogP contribution in [0.3, 0.4) is 0 Å². The van der Waals surface area contributed by atoms with Gasteiger partial charge in [0.1, 0.15) is 0 Å². The number of hydrogen-bond acceptors (Lipinski definition) is 4. The van der Waals surface area contributed by atoms with Gasteiger partial charge in [-0.3, -0.25) is 5.10 Å². The van der Waals surface area contributed by atoms with E-state index in [4.69, 9.17) is 0 Å². The van der Waals surface area contributed by atoms with Crippen LogP contribution in [-0.4, -0.2) is 15.2 Å². The van der Waals surface area contributed by atoms with Crippen LogP contribution in [0.4, 0.5) is 5.69 Å². The minimum atomic E-state index is 0.759. The Morgan fingerprint density at radius 1 is 1.17 bits per heavy atom. The van der Waals surface area contributed by atoms with Gasteiger partial charge in [0.15, 0.2) is 0 Å². The second-order valence-corrected chi connectivity index (χ2v) is 6.50. The van der Waals surface area contributed by atoms with Crippen molar-refractivity contribution in [3.05, 3.63) is 64.6 Å². The smallest absolute Gasteiger partial charge is 0.0901 e. The van der Waals surface area contributed by atoms with Gasteiger partial charge in [0.05, 0.1) is 22.4 Å². The minimum Gasteiger partial charge on any atom is -0.380 e. The predicted molar refractivity (Wildman–Crippen MR) is 95.7 cm³/mol. The van der Waals surface area contributed by atoms with Crippen molar-refractivity contribution < 1.29 is 0 Å². The second kappa shape index (κ2) is 5.85. The van der Waals surface area contributed by atoms with E-state index < -0.39 is 0 Å². The fraction of sp³-hybridized carbons (Fsp3) is 0.111. The SMILES string of the molecule is Cc1nc(-c2ccccc2NCc2ccc3cn[nH]c3c2)cs1. The summed E-state index contributed by atoms with van der Waals surface area (Å²) in [6, 6.07) is 14.6. The van der Waals surface area contributed by atoms with Crippen molar-refractivity contribution in [1.82, 2.24) is 15.2 Å². The molecule has 0 saturated heterocycles. The molecule has 0 aliphatic heterocycles. The van der Waals surface area contributed by atoms with Gasteiger partial charge >= 0.3 is 0 Å². The molecule has 4 aromatic rings. The molecule has 2 aromatic carbocycles. The van der Waals surface area contributed by atoms with Crippen LogP contribution in [0.5, 0.6) is 0 Å². The summed E-state index contributed by atoms with van der Waals surface area (Å²) < 4.78 is 0. The Morgan fingerprint density at radius 2 is 2.09 bits per heavy atom. The first-order valence-electron chi connectivity index (χ1n) is 7.47. The molecule has 0 fully saturated rings. The highest BCUT2D eigenvalue weighted by Gasteiger charge is 2.07. The van der Waals surface area contributed by atoms with Crippen molar-refractivity contribution in [2.24, 2.45) is 0 Å². The number of benzene rings is 2. The number of aromatic amines is 1. The van der Waals surface area contributed by atoms with Gasteiger partial charge in [-0.1, -0.05) is 30.3 Å². The first-order valence-corrected chi connectivity index (χ1v) is 8.35. The van der Waals surface area contributed by atoms with E-state index in [-0.39, 0.29) is 0 Å². The van der Waals surface area contributed by atoms with Gasteiger partial charge in [-0.05, 0) is 24.6 Å². The second-order valence-electron chi connectivity index (χ2n) is 5.44. The molecule has 0 unspecified atom stereocenters. The average molecular weight is 320 g/mol. The Kier molecular flexibility index (Phi) is 3.55. The average Bonchev–Trinajstić information content (AvgIpc) is 3.21. The fourth-order valence-corrected chi connectivity index (χ4v) is 3.25. The lowest BCUT2D eigenvalue weighted by atomic mass is 10.1. The highest BCUT2D eigenvalue weighted by atomic mass is 32.1. The van der Waals surface area contributed by atoms with Gasteiger partial charge in [0.25, 0.3) is 0 Å². The quantitative estimate of drug-likeness (QED) is 0.577. The molecule has 0 aliphatic carbocycles. The van der Waals surface area contributed by atoms with E-state index in [0.717, 1.165) is 39.4 Å². The summed E-state index contributed by atoms with van der Waals surface area (Å²) in [5, 5.41) is 14.9. The van der Waals surface area contributed by atoms with E-state index in [1.807, 2.05) is 25.3 Å². The van der Waals surface area contributed by atoms with Crippen molar-refractivity contribution in [3.63, 3.8) is 0 Å². The van der Waals surface area contributed by atoms with E-state index in [2.05, 4.69) is 56.2 Å². The number of rotatable bonds is 4. The highest BCUT2D eigenvalue weighted by Crippen LogP contribution is 2.29. The molecule has 5 heteroatoms. The number of hydrogen-bond donors (Lipinski definition) is 2. The summed E-state index contributed by atoms with van der Waals surface area (Å²) in [7, 11) is 0. The monoisotopic (exact) mass is 320 g/mol. The number of nitrogens with zero attached hydrogens (tertiary/aromatic N) is 2. The molecule has 0 aliphatic rings. The molecule has 0 atom stereocenters. The number of anilines is 1. The van der Waals surface area contributed by atoms with Crippen LogP contribution in [-0.2, 0) is 6.54 Å². The molecule has 2 aromatic heterocycles. The third kappa shape index (κ3) is 2.83. The Balaban J connectivity index is 1.59. The third-order valence-electron chi connectivity index (χ3n) is 3.81. The van der Waals surface area contributed by atoms with Crippen molar-refractivity contribution >= 4 is 27.9 Å². The zero-order chi connectivity index (χ0) is 15.6. The van der Waals surface area contributed by atoms with Crippen molar-refractivity contribution in [3.8, 4) is 11.3 Å². The zero-order valence-corrected chi connectivity index (χ0v) is 13.5. The number of aromatic nitrogens is 3. The first-order chi connectivity index (χ1) is 11.3. The standard InChI is InChI=1S/C18H16N4S/c1-12-21-18(11-23-12)15-4-2-3-5-16(15)19-9-13-6-7-14-10-20-22-17(14)8-13/h2-8,10-11,19H,9H2,1H3,(H,20,22). The molecule has 2 N–H and O–H groups in total. The van der Waals surface area contributed by atoms with Gasteiger partial charge in [-0.25, -0.2) is 4.98 Å². The van der Waals surface area contributed by atoms with Gasteiger partial charge in [0.2, 0.25) is 0 Å². The number of thiazole rings is 1. The molecule has 4 nitrogen and oxygen atoms in total. The zero-order valence-electron chi connectivity index (χ0n) is 12.7. The van der Waals surface area contributed by atoms with Gasteiger partial charge in [0, 0.05) is 28.6 Å². The summed E-state index contributed by atoms with van der Waals surface area (Å²) in [6.45, 7) is 2.79. The summed E-state index contributed by atoms with van der Waals surface area (Å²) >= 11 is 1.67. The van der Waals surface area contributed by atoms with Crippen LogP contribution >= 0.6 is 11.3 Å². The van der Waals surface area contributed by atoms with Crippen LogP contribution in [0.1, 0.15) is 10.6 Å². The van der Waals surface area contributed by atoms with Crippen molar-refractivity contribution in [1.29, 1.82) is 0 Å². The van der Waals surface area contributed by atoms with E-state index >= 15 is 0 Å². The normalized spacial score (nSPS) is 11.0. The van der Waals surface area contributed by atoms with Crippen LogP contribution in [0.15, 0.2) is 54.0 Å². The van der Waals surface area contributed by atoms with Gasteiger partial charge in [-0.2, -0.15) is 5.10 Å². The van der Waals surface area contributed by atoms with E-state index in [0.29, 0.717) is 0 Å². The van der Waals surface area contributed by atoms with Crippen LogP contribution in [0.2, 0.25) is 0 Å². The predicted octanol–water partition coefficient (Wildman–Crippen LogP) is 4.61. The summed E-state index contributed by atoms with van der Waals surface area (Å²) in [5.41, 5.74) is 5.54. The minimum absolute atomic E-state index is 0.759. The highest BCUT2D eigenvalue weighted by molar-refractivity contribution is 7.09. The molecule has 23 heavy (non-hydrogen) atoms. The molecule has 0 amide bonds. The molecule has 4 rings (SSSR count). The number of aryl methyl sites for hydroxylation is 1. The largest absolute Gasteiger partial charge is 0.380 e. The Labute approximate surface area is 138 Å². The third-order valence-corrected chi connectivity index (χ3v) is 4.58. The van der Waals surface area contributed by atoms with Crippen LogP contribution < -0.4 is 5.32 Å². The van der Waals surface area contributed by atoms with Crippen molar-refractivity contribution in [2.75, 3.05) is 5.32 Å². The molecule has 2 heterocycles. The first kappa shape index (κ1) is 14.0. The van der Waals surface area contributed by atoms with Crippen LogP contribution in [0, 0.1) is 6.92 Å². The Hall–Kier alpha value is -2.66. The number of nitrogens with one attached hydrogen (secondary N) is 2. The molecule has 0 spiro atoms. The maximum Gasteiger partial charge on any atom is 0.0901 e. The number of fused-ring (bicyclic) bond motifs is 1.